The summed E-state index contributed by atoms with van der Waals surface area (Å²) in [5.74, 6) is 1.01. The summed E-state index contributed by atoms with van der Waals surface area (Å²) < 4.78 is 0. The van der Waals surface area contributed by atoms with E-state index in [0.717, 1.165) is 51.3 Å². The van der Waals surface area contributed by atoms with Crippen LogP contribution in [-0.4, -0.2) is 60.0 Å². The number of hydrogen-bond acceptors (Lipinski definition) is 5. The molecule has 0 amide bonds. The van der Waals surface area contributed by atoms with Crippen molar-refractivity contribution >= 4 is 5.82 Å². The molecular weight excluding hydrogens is 252 g/mol. The zero-order valence-corrected chi connectivity index (χ0v) is 13.4. The second-order valence-electron chi connectivity index (χ2n) is 5.95. The van der Waals surface area contributed by atoms with E-state index in [9.17, 15) is 0 Å². The number of nitrogens with zero attached hydrogens (tertiary/aromatic N) is 4. The van der Waals surface area contributed by atoms with Gasteiger partial charge < -0.3 is 14.9 Å². The van der Waals surface area contributed by atoms with Gasteiger partial charge in [-0.05, 0) is 18.7 Å². The number of anilines is 1. The molecule has 114 valence electrons. The van der Waals surface area contributed by atoms with Gasteiger partial charge in [-0.3, -0.25) is 0 Å². The summed E-state index contributed by atoms with van der Waals surface area (Å²) in [6.07, 6.45) is 0. The van der Waals surface area contributed by atoms with E-state index >= 15 is 0 Å². The van der Waals surface area contributed by atoms with Crippen molar-refractivity contribution in [3.8, 4) is 0 Å². The van der Waals surface area contributed by atoms with Crippen LogP contribution >= 0.6 is 0 Å². The minimum absolute atomic E-state index is 0.0758. The SMILES string of the molecule is CCN1CCN(c2ccc(C(C)(C)C)nn2)CC1.CO. The number of likely N-dealkylation sites (N-methyl/N-ethyl adjacent to an activating group) is 1. The first-order valence-corrected chi connectivity index (χ1v) is 7.27. The maximum absolute atomic E-state index is 7.00. The van der Waals surface area contributed by atoms with Crippen LogP contribution in [0.15, 0.2) is 12.1 Å². The average Bonchev–Trinajstić information content (AvgIpc) is 2.49. The van der Waals surface area contributed by atoms with E-state index < -0.39 is 0 Å². The molecule has 20 heavy (non-hydrogen) atoms. The molecule has 2 rings (SSSR count). The Labute approximate surface area is 122 Å². The lowest BCUT2D eigenvalue weighted by Crippen LogP contribution is -2.46. The molecule has 0 atom stereocenters. The molecule has 2 heterocycles. The predicted octanol–water partition coefficient (Wildman–Crippen LogP) is 1.52. The second kappa shape index (κ2) is 7.55. The van der Waals surface area contributed by atoms with Crippen molar-refractivity contribution in [2.75, 3.05) is 44.7 Å². The van der Waals surface area contributed by atoms with Crippen molar-refractivity contribution in [2.24, 2.45) is 0 Å². The highest BCUT2D eigenvalue weighted by molar-refractivity contribution is 5.38. The van der Waals surface area contributed by atoms with Gasteiger partial charge in [0.1, 0.15) is 0 Å². The van der Waals surface area contributed by atoms with Gasteiger partial charge in [-0.2, -0.15) is 5.10 Å². The predicted molar refractivity (Wildman–Crippen MR) is 83.2 cm³/mol. The summed E-state index contributed by atoms with van der Waals surface area (Å²) in [5, 5.41) is 15.7. The Balaban J connectivity index is 0.000000956. The Bertz CT molecular complexity index is 378. The Morgan fingerprint density at radius 1 is 1.05 bits per heavy atom. The molecule has 1 aliphatic heterocycles. The molecular formula is C15H28N4O. The first-order valence-electron chi connectivity index (χ1n) is 7.27. The number of rotatable bonds is 2. The molecule has 0 spiro atoms. The third kappa shape index (κ3) is 4.42. The topological polar surface area (TPSA) is 52.5 Å². The van der Waals surface area contributed by atoms with Crippen LogP contribution in [0.5, 0.6) is 0 Å². The molecule has 1 saturated heterocycles. The van der Waals surface area contributed by atoms with Crippen LogP contribution in [0.25, 0.3) is 0 Å². The molecule has 1 aliphatic rings. The van der Waals surface area contributed by atoms with Crippen LogP contribution in [0.3, 0.4) is 0 Å². The van der Waals surface area contributed by atoms with Crippen LogP contribution in [0, 0.1) is 0 Å². The molecule has 0 aliphatic carbocycles. The van der Waals surface area contributed by atoms with Crippen LogP contribution in [0.1, 0.15) is 33.4 Å². The number of hydrogen-bond donors (Lipinski definition) is 1. The van der Waals surface area contributed by atoms with Crippen molar-refractivity contribution in [2.45, 2.75) is 33.1 Å². The zero-order chi connectivity index (χ0) is 15.2. The van der Waals surface area contributed by atoms with Gasteiger partial charge in [0, 0.05) is 38.7 Å². The normalized spacial score (nSPS) is 16.6. The van der Waals surface area contributed by atoms with E-state index in [1.54, 1.807) is 0 Å². The minimum Gasteiger partial charge on any atom is -0.400 e. The van der Waals surface area contributed by atoms with E-state index in [0.29, 0.717) is 0 Å². The Morgan fingerprint density at radius 3 is 2.05 bits per heavy atom. The fraction of sp³-hybridized carbons (Fsp3) is 0.733. The third-order valence-electron chi connectivity index (χ3n) is 3.56. The summed E-state index contributed by atoms with van der Waals surface area (Å²) in [6, 6.07) is 4.21. The van der Waals surface area contributed by atoms with Gasteiger partial charge in [0.2, 0.25) is 0 Å². The quantitative estimate of drug-likeness (QED) is 0.890. The van der Waals surface area contributed by atoms with E-state index in [1.807, 2.05) is 0 Å². The number of piperazine rings is 1. The summed E-state index contributed by atoms with van der Waals surface area (Å²) in [7, 11) is 1.00. The highest BCUT2D eigenvalue weighted by atomic mass is 16.2. The molecule has 1 fully saturated rings. The number of aromatic nitrogens is 2. The largest absolute Gasteiger partial charge is 0.400 e. The fourth-order valence-electron chi connectivity index (χ4n) is 2.19. The van der Waals surface area contributed by atoms with E-state index in [1.165, 1.54) is 0 Å². The average molecular weight is 280 g/mol. The van der Waals surface area contributed by atoms with E-state index in [2.05, 4.69) is 59.8 Å². The molecule has 1 aromatic heterocycles. The molecule has 0 unspecified atom stereocenters. The molecule has 1 N–H and O–H groups in total. The Kier molecular flexibility index (Phi) is 6.36. The van der Waals surface area contributed by atoms with Crippen molar-refractivity contribution in [1.82, 2.24) is 15.1 Å². The van der Waals surface area contributed by atoms with Crippen molar-refractivity contribution in [3.05, 3.63) is 17.8 Å². The Morgan fingerprint density at radius 2 is 1.65 bits per heavy atom. The van der Waals surface area contributed by atoms with Crippen LogP contribution in [0.4, 0.5) is 5.82 Å². The maximum Gasteiger partial charge on any atom is 0.151 e. The van der Waals surface area contributed by atoms with Gasteiger partial charge in [-0.1, -0.05) is 27.7 Å². The molecule has 0 radical (unpaired) electrons. The standard InChI is InChI=1S/C14H24N4.CH4O/c1-5-17-8-10-18(11-9-17)13-7-6-12(15-16-13)14(2,3)4;1-2/h6-7H,5,8-11H2,1-4H3;2H,1H3. The smallest absolute Gasteiger partial charge is 0.151 e. The van der Waals surface area contributed by atoms with Crippen molar-refractivity contribution in [1.29, 1.82) is 0 Å². The van der Waals surface area contributed by atoms with Gasteiger partial charge >= 0.3 is 0 Å². The molecule has 1 aromatic rings. The molecule has 0 saturated carbocycles. The lowest BCUT2D eigenvalue weighted by molar-refractivity contribution is 0.270. The van der Waals surface area contributed by atoms with Gasteiger partial charge in [0.05, 0.1) is 5.69 Å². The number of aliphatic hydroxyl groups is 1. The summed E-state index contributed by atoms with van der Waals surface area (Å²) in [5.41, 5.74) is 1.13. The highest BCUT2D eigenvalue weighted by Gasteiger charge is 2.19. The minimum atomic E-state index is 0.0758. The molecule has 5 heteroatoms. The van der Waals surface area contributed by atoms with Crippen LogP contribution in [-0.2, 0) is 5.41 Å². The molecule has 0 bridgehead atoms. The highest BCUT2D eigenvalue weighted by Crippen LogP contribution is 2.21. The Hall–Kier alpha value is -1.20. The first kappa shape index (κ1) is 16.9. The second-order valence-corrected chi connectivity index (χ2v) is 5.95. The lowest BCUT2D eigenvalue weighted by atomic mass is 9.92. The van der Waals surface area contributed by atoms with Gasteiger partial charge in [-0.25, -0.2) is 0 Å². The van der Waals surface area contributed by atoms with Crippen molar-refractivity contribution in [3.63, 3.8) is 0 Å². The summed E-state index contributed by atoms with van der Waals surface area (Å²) in [4.78, 5) is 4.79. The number of aliphatic hydroxyl groups excluding tert-OH is 1. The maximum atomic E-state index is 7.00. The summed E-state index contributed by atoms with van der Waals surface area (Å²) in [6.45, 7) is 14.2. The third-order valence-corrected chi connectivity index (χ3v) is 3.56. The monoisotopic (exact) mass is 280 g/mol. The fourth-order valence-corrected chi connectivity index (χ4v) is 2.19. The molecule has 0 aromatic carbocycles. The van der Waals surface area contributed by atoms with Gasteiger partial charge in [-0.15, -0.1) is 5.10 Å². The zero-order valence-electron chi connectivity index (χ0n) is 13.4. The van der Waals surface area contributed by atoms with Crippen molar-refractivity contribution < 1.29 is 5.11 Å². The van der Waals surface area contributed by atoms with E-state index in [4.69, 9.17) is 5.11 Å². The first-order chi connectivity index (χ1) is 9.50. The summed E-state index contributed by atoms with van der Waals surface area (Å²) >= 11 is 0. The van der Waals surface area contributed by atoms with E-state index in [-0.39, 0.29) is 5.41 Å². The van der Waals surface area contributed by atoms with Crippen LogP contribution in [0.2, 0.25) is 0 Å². The molecule has 5 nitrogen and oxygen atoms in total. The van der Waals surface area contributed by atoms with Gasteiger partial charge in [0.15, 0.2) is 5.82 Å². The van der Waals surface area contributed by atoms with Crippen LogP contribution < -0.4 is 4.90 Å². The lowest BCUT2D eigenvalue weighted by Gasteiger charge is -2.34. The van der Waals surface area contributed by atoms with Gasteiger partial charge in [0.25, 0.3) is 0 Å².